The van der Waals surface area contributed by atoms with Crippen molar-refractivity contribution in [2.75, 3.05) is 6.61 Å². The molecule has 0 aliphatic heterocycles. The molecule has 0 N–H and O–H groups in total. The third-order valence-corrected chi connectivity index (χ3v) is 7.66. The molecule has 1 aliphatic carbocycles. The fraction of sp³-hybridized carbons (Fsp3) is 0.900. The molecule has 1 aliphatic rings. The van der Waals surface area contributed by atoms with Crippen LogP contribution in [-0.4, -0.2) is 19.5 Å². The summed E-state index contributed by atoms with van der Waals surface area (Å²) in [6, 6.07) is 0. The van der Waals surface area contributed by atoms with Crippen molar-refractivity contribution in [2.24, 2.45) is 17.3 Å². The Morgan fingerprint density at radius 3 is 2.31 bits per heavy atom. The van der Waals surface area contributed by atoms with Crippen molar-refractivity contribution in [1.29, 1.82) is 0 Å². The number of esters is 1. The Morgan fingerprint density at radius 1 is 1.44 bits per heavy atom. The van der Waals surface area contributed by atoms with Gasteiger partial charge in [0.05, 0.1) is 17.4 Å². The molecule has 0 heterocycles. The Morgan fingerprint density at radius 2 is 1.94 bits per heavy atom. The zero-order valence-corrected chi connectivity index (χ0v) is 15.6. The first kappa shape index (κ1) is 15.4. The number of hydrogen-bond donors (Lipinski definition) is 0. The Bertz CT molecular complexity index is 285. The van der Waals surface area contributed by atoms with E-state index in [2.05, 4.69) is 77.6 Å². The van der Waals surface area contributed by atoms with Crippen LogP contribution in [0.25, 0.3) is 0 Å². The molecule has 1 rings (SSSR count). The van der Waals surface area contributed by atoms with Crippen LogP contribution >= 0.6 is 63.7 Å². The maximum absolute atomic E-state index is 11.8. The number of carbonyl (C=O) groups excluding carboxylic acids is 1. The average Bonchev–Trinajstić information content (AvgIpc) is 2.66. The van der Waals surface area contributed by atoms with Crippen molar-refractivity contribution in [3.63, 3.8) is 0 Å². The Kier molecular flexibility index (Phi) is 5.00. The van der Waals surface area contributed by atoms with E-state index in [0.717, 1.165) is 0 Å². The minimum Gasteiger partial charge on any atom is -0.466 e. The standard InChI is InChI=1S/C10H14Br4O2/c1-4-16-8(15)6-5(9(6,2)3)7(11)10(12,13)14/h5-7H,4H2,1-3H3. The second-order valence-corrected chi connectivity index (χ2v) is 12.5. The van der Waals surface area contributed by atoms with Crippen molar-refractivity contribution >= 4 is 69.7 Å². The molecule has 2 nitrogen and oxygen atoms in total. The smallest absolute Gasteiger partial charge is 0.309 e. The van der Waals surface area contributed by atoms with Crippen LogP contribution in [0.5, 0.6) is 0 Å². The van der Waals surface area contributed by atoms with Crippen molar-refractivity contribution in [3.8, 4) is 0 Å². The van der Waals surface area contributed by atoms with E-state index >= 15 is 0 Å². The van der Waals surface area contributed by atoms with Gasteiger partial charge in [0.2, 0.25) is 0 Å². The molecule has 0 bridgehead atoms. The van der Waals surface area contributed by atoms with Crippen LogP contribution in [0.2, 0.25) is 0 Å². The highest BCUT2D eigenvalue weighted by molar-refractivity contribution is 9.40. The van der Waals surface area contributed by atoms with E-state index in [1.165, 1.54) is 0 Å². The summed E-state index contributed by atoms with van der Waals surface area (Å²) in [5.41, 5.74) is -0.0268. The summed E-state index contributed by atoms with van der Waals surface area (Å²) in [6.07, 6.45) is 0. The minimum atomic E-state index is -0.393. The van der Waals surface area contributed by atoms with Crippen LogP contribution < -0.4 is 0 Å². The second-order valence-electron chi connectivity index (χ2n) is 4.52. The molecular formula is C10H14Br4O2. The quantitative estimate of drug-likeness (QED) is 0.437. The highest BCUT2D eigenvalue weighted by Crippen LogP contribution is 2.65. The monoisotopic (exact) mass is 482 g/mol. The molecule has 1 saturated carbocycles. The van der Waals surface area contributed by atoms with E-state index in [1.807, 2.05) is 6.92 Å². The predicted octanol–water partition coefficient (Wildman–Crippen LogP) is 4.42. The molecule has 0 aromatic heterocycles. The van der Waals surface area contributed by atoms with Crippen molar-refractivity contribution in [2.45, 2.75) is 27.7 Å². The summed E-state index contributed by atoms with van der Waals surface area (Å²) >= 11 is 14.1. The summed E-state index contributed by atoms with van der Waals surface area (Å²) in [5, 5.41) is 0. The molecule has 0 radical (unpaired) electrons. The topological polar surface area (TPSA) is 26.3 Å². The maximum Gasteiger partial charge on any atom is 0.309 e. The van der Waals surface area contributed by atoms with E-state index in [-0.39, 0.29) is 28.0 Å². The predicted molar refractivity (Wildman–Crippen MR) is 79.6 cm³/mol. The van der Waals surface area contributed by atoms with Gasteiger partial charge in [0, 0.05) is 0 Å². The first-order chi connectivity index (χ1) is 7.14. The summed E-state index contributed by atoms with van der Waals surface area (Å²) in [7, 11) is 0. The molecule has 0 saturated heterocycles. The number of ether oxygens (including phenoxy) is 1. The molecule has 1 fully saturated rings. The second kappa shape index (κ2) is 5.17. The van der Waals surface area contributed by atoms with Gasteiger partial charge in [-0.15, -0.1) is 0 Å². The highest BCUT2D eigenvalue weighted by atomic mass is 80.0. The van der Waals surface area contributed by atoms with Gasteiger partial charge in [-0.1, -0.05) is 77.6 Å². The zero-order valence-electron chi connectivity index (χ0n) is 9.27. The van der Waals surface area contributed by atoms with Crippen LogP contribution in [0, 0.1) is 17.3 Å². The van der Waals surface area contributed by atoms with Gasteiger partial charge in [-0.05, 0) is 18.3 Å². The van der Waals surface area contributed by atoms with E-state index < -0.39 is 2.14 Å². The molecule has 0 spiro atoms. The maximum atomic E-state index is 11.8. The molecule has 3 unspecified atom stereocenters. The number of hydrogen-bond acceptors (Lipinski definition) is 2. The molecule has 0 aromatic rings. The number of halogens is 4. The molecule has 3 atom stereocenters. The lowest BCUT2D eigenvalue weighted by Gasteiger charge is -2.20. The van der Waals surface area contributed by atoms with Gasteiger partial charge >= 0.3 is 5.97 Å². The summed E-state index contributed by atoms with van der Waals surface area (Å²) < 4.78 is 4.70. The van der Waals surface area contributed by atoms with E-state index in [1.54, 1.807) is 0 Å². The van der Waals surface area contributed by atoms with Gasteiger partial charge in [0.25, 0.3) is 0 Å². The largest absolute Gasteiger partial charge is 0.466 e. The third-order valence-electron chi connectivity index (χ3n) is 3.08. The zero-order chi connectivity index (χ0) is 12.7. The lowest BCUT2D eigenvalue weighted by atomic mass is 10.1. The number of alkyl halides is 4. The Balaban J connectivity index is 2.75. The van der Waals surface area contributed by atoms with Crippen molar-refractivity contribution in [3.05, 3.63) is 0 Å². The van der Waals surface area contributed by atoms with Crippen LogP contribution in [0.1, 0.15) is 20.8 Å². The van der Waals surface area contributed by atoms with Gasteiger partial charge in [-0.25, -0.2) is 0 Å². The third kappa shape index (κ3) is 3.04. The van der Waals surface area contributed by atoms with Crippen LogP contribution in [0.15, 0.2) is 0 Å². The van der Waals surface area contributed by atoms with E-state index in [4.69, 9.17) is 4.74 Å². The summed E-state index contributed by atoms with van der Waals surface area (Å²) in [5.74, 6) is 0.104. The van der Waals surface area contributed by atoms with Crippen LogP contribution in [0.3, 0.4) is 0 Å². The first-order valence-corrected chi connectivity index (χ1v) is 8.31. The number of rotatable bonds is 3. The number of carbonyl (C=O) groups is 1. The van der Waals surface area contributed by atoms with E-state index in [0.29, 0.717) is 6.61 Å². The van der Waals surface area contributed by atoms with Gasteiger partial charge in [0.1, 0.15) is 2.14 Å². The fourth-order valence-corrected chi connectivity index (χ4v) is 3.95. The molecule has 0 amide bonds. The Labute approximate surface area is 130 Å². The van der Waals surface area contributed by atoms with Crippen molar-refractivity contribution in [1.82, 2.24) is 0 Å². The van der Waals surface area contributed by atoms with Crippen molar-refractivity contribution < 1.29 is 9.53 Å². The van der Waals surface area contributed by atoms with E-state index in [9.17, 15) is 4.79 Å². The minimum absolute atomic E-state index is 0.0268. The van der Waals surface area contributed by atoms with Gasteiger partial charge in [-0.2, -0.15) is 0 Å². The molecule has 94 valence electrons. The summed E-state index contributed by atoms with van der Waals surface area (Å²) in [6.45, 7) is 6.45. The lowest BCUT2D eigenvalue weighted by molar-refractivity contribution is -0.145. The van der Waals surface area contributed by atoms with Crippen LogP contribution in [-0.2, 0) is 9.53 Å². The van der Waals surface area contributed by atoms with Gasteiger partial charge in [-0.3, -0.25) is 4.79 Å². The van der Waals surface area contributed by atoms with Crippen LogP contribution in [0.4, 0.5) is 0 Å². The summed E-state index contributed by atoms with van der Waals surface area (Å²) in [4.78, 5) is 11.9. The normalized spacial score (nSPS) is 29.7. The fourth-order valence-electron chi connectivity index (χ4n) is 2.11. The molecular weight excluding hydrogens is 472 g/mol. The van der Waals surface area contributed by atoms with Gasteiger partial charge in [0.15, 0.2) is 0 Å². The molecule has 0 aromatic carbocycles. The highest BCUT2D eigenvalue weighted by Gasteiger charge is 2.67. The molecule has 6 heteroatoms. The van der Waals surface area contributed by atoms with Gasteiger partial charge < -0.3 is 4.74 Å². The lowest BCUT2D eigenvalue weighted by Crippen LogP contribution is -2.22. The molecule has 16 heavy (non-hydrogen) atoms. The average molecular weight is 486 g/mol. The SMILES string of the molecule is CCOC(=O)C1C(C(Br)C(Br)(Br)Br)C1(C)C. The Hall–Kier alpha value is 1.39. The first-order valence-electron chi connectivity index (χ1n) is 5.01.